The average molecular weight is 837 g/mol. The minimum absolute atomic E-state index is 0.0200. The van der Waals surface area contributed by atoms with E-state index in [0.29, 0.717) is 18.6 Å². The SMILES string of the molecule is C=C(C)C(=O)OCCCc1cc(-c2ccc(CCCCCCC)cc2CC)ccc1OCC(COC(=O)C(=C)C)(COC(=O)C(=O)CCOC)COC(=O)C(=O)CCOC. The summed E-state index contributed by atoms with van der Waals surface area (Å²) in [5, 5.41) is 0. The van der Waals surface area contributed by atoms with E-state index in [2.05, 4.69) is 45.2 Å². The molecule has 0 heterocycles. The van der Waals surface area contributed by atoms with Gasteiger partial charge in [0.25, 0.3) is 0 Å². The van der Waals surface area contributed by atoms with Crippen molar-refractivity contribution in [1.29, 1.82) is 0 Å². The Labute approximate surface area is 355 Å². The molecule has 0 radical (unpaired) electrons. The molecule has 0 saturated heterocycles. The summed E-state index contributed by atoms with van der Waals surface area (Å²) in [6, 6.07) is 12.3. The molecule has 0 unspecified atom stereocenters. The van der Waals surface area contributed by atoms with Crippen LogP contribution in [-0.2, 0) is 76.5 Å². The number of aryl methyl sites for hydroxylation is 3. The van der Waals surface area contributed by atoms with Gasteiger partial charge in [0.05, 0.1) is 19.8 Å². The van der Waals surface area contributed by atoms with Gasteiger partial charge in [-0.25, -0.2) is 19.2 Å². The highest BCUT2D eigenvalue weighted by atomic mass is 16.6. The molecule has 0 saturated carbocycles. The normalized spacial score (nSPS) is 11.0. The molecule has 0 N–H and O–H groups in total. The maximum absolute atomic E-state index is 12.8. The maximum atomic E-state index is 12.8. The molecule has 13 heteroatoms. The van der Waals surface area contributed by atoms with Crippen molar-refractivity contribution in [3.63, 3.8) is 0 Å². The first-order valence-electron chi connectivity index (χ1n) is 20.6. The molecule has 2 aromatic carbocycles. The molecule has 2 aromatic rings. The monoisotopic (exact) mass is 836 g/mol. The van der Waals surface area contributed by atoms with E-state index in [1.807, 2.05) is 12.1 Å². The fraction of sp³-hybridized carbons (Fsp3) is 0.532. The Morgan fingerprint density at radius 2 is 1.15 bits per heavy atom. The molecule has 0 aliphatic rings. The van der Waals surface area contributed by atoms with E-state index in [1.165, 1.54) is 58.0 Å². The Morgan fingerprint density at radius 1 is 0.583 bits per heavy atom. The van der Waals surface area contributed by atoms with Gasteiger partial charge in [0.1, 0.15) is 37.6 Å². The van der Waals surface area contributed by atoms with Gasteiger partial charge in [-0.3, -0.25) is 9.59 Å². The van der Waals surface area contributed by atoms with Crippen molar-refractivity contribution in [2.45, 2.75) is 98.3 Å². The molecule has 13 nitrogen and oxygen atoms in total. The highest BCUT2D eigenvalue weighted by Crippen LogP contribution is 2.33. The van der Waals surface area contributed by atoms with Crippen molar-refractivity contribution in [3.8, 4) is 16.9 Å². The molecule has 0 aromatic heterocycles. The maximum Gasteiger partial charge on any atom is 0.374 e. The summed E-state index contributed by atoms with van der Waals surface area (Å²) in [5.74, 6) is -5.00. The molecule has 2 rings (SSSR count). The molecular formula is C47H64O13. The lowest BCUT2D eigenvalue weighted by atomic mass is 9.91. The van der Waals surface area contributed by atoms with Crippen LogP contribution in [0.1, 0.15) is 95.8 Å². The number of unbranched alkanes of at least 4 members (excludes halogenated alkanes) is 4. The number of methoxy groups -OCH3 is 2. The number of hydrogen-bond acceptors (Lipinski definition) is 13. The predicted octanol–water partition coefficient (Wildman–Crippen LogP) is 7.26. The van der Waals surface area contributed by atoms with E-state index in [1.54, 1.807) is 13.0 Å². The third-order valence-corrected chi connectivity index (χ3v) is 9.60. The fourth-order valence-corrected chi connectivity index (χ4v) is 5.96. The third kappa shape index (κ3) is 18.0. The molecule has 0 fully saturated rings. The molecule has 0 bridgehead atoms. The second-order valence-corrected chi connectivity index (χ2v) is 15.0. The second kappa shape index (κ2) is 27.6. The van der Waals surface area contributed by atoms with Crippen molar-refractivity contribution in [2.24, 2.45) is 5.41 Å². The Morgan fingerprint density at radius 3 is 1.70 bits per heavy atom. The second-order valence-electron chi connectivity index (χ2n) is 15.0. The van der Waals surface area contributed by atoms with Crippen LogP contribution < -0.4 is 4.74 Å². The van der Waals surface area contributed by atoms with Crippen LogP contribution in [0.5, 0.6) is 5.75 Å². The number of ketones is 2. The first kappa shape index (κ1) is 51.0. The molecule has 330 valence electrons. The largest absolute Gasteiger partial charge is 0.492 e. The zero-order valence-corrected chi connectivity index (χ0v) is 36.4. The number of carbonyl (C=O) groups is 6. The van der Waals surface area contributed by atoms with Crippen LogP contribution >= 0.6 is 0 Å². The molecule has 60 heavy (non-hydrogen) atoms. The van der Waals surface area contributed by atoms with Crippen molar-refractivity contribution in [2.75, 3.05) is 60.5 Å². The number of esters is 4. The standard InChI is InChI=1S/C47H64O13/c1-9-11-12-13-14-16-35-18-20-39(36(10-2)27-35)37-19-21-42(38(28-37)17-15-24-56-43(50)33(3)4)57-29-47(30-58-44(51)34(5)6,31-59-45(52)40(48)22-25-54-7)32-60-46(53)41(49)23-26-55-8/h18-21,27-28H,3,5,9-17,22-26,29-32H2,1-2,4,6-8H3. The van der Waals surface area contributed by atoms with Crippen molar-refractivity contribution < 1.29 is 61.9 Å². The molecular weight excluding hydrogens is 773 g/mol. The van der Waals surface area contributed by atoms with E-state index in [-0.39, 0.29) is 50.4 Å². The van der Waals surface area contributed by atoms with Crippen LogP contribution in [0, 0.1) is 5.41 Å². The number of benzene rings is 2. The quantitative estimate of drug-likeness (QED) is 0.0245. The van der Waals surface area contributed by atoms with E-state index in [0.717, 1.165) is 36.0 Å². The van der Waals surface area contributed by atoms with Gasteiger partial charge in [0, 0.05) is 38.2 Å². The van der Waals surface area contributed by atoms with Crippen LogP contribution in [0.25, 0.3) is 11.1 Å². The Kier molecular flexibility index (Phi) is 23.4. The van der Waals surface area contributed by atoms with Gasteiger partial charge in [-0.2, -0.15) is 0 Å². The molecule has 0 amide bonds. The van der Waals surface area contributed by atoms with Crippen LogP contribution in [0.3, 0.4) is 0 Å². The number of rotatable bonds is 31. The summed E-state index contributed by atoms with van der Waals surface area (Å²) in [6.45, 7) is 12.6. The summed E-state index contributed by atoms with van der Waals surface area (Å²) < 4.78 is 38.0. The minimum Gasteiger partial charge on any atom is -0.492 e. The number of carbonyl (C=O) groups excluding carboxylic acids is 6. The van der Waals surface area contributed by atoms with Crippen LogP contribution in [0.4, 0.5) is 0 Å². The smallest absolute Gasteiger partial charge is 0.374 e. The zero-order chi connectivity index (χ0) is 44.5. The Hall–Kier alpha value is -5.14. The Bertz CT molecular complexity index is 1740. The van der Waals surface area contributed by atoms with E-state index in [9.17, 15) is 28.8 Å². The Balaban J connectivity index is 2.58. The summed E-state index contributed by atoms with van der Waals surface area (Å²) >= 11 is 0. The third-order valence-electron chi connectivity index (χ3n) is 9.60. The van der Waals surface area contributed by atoms with Crippen LogP contribution in [-0.4, -0.2) is 95.9 Å². The summed E-state index contributed by atoms with van der Waals surface area (Å²) in [7, 11) is 2.76. The highest BCUT2D eigenvalue weighted by Gasteiger charge is 2.39. The molecule has 0 atom stereocenters. The van der Waals surface area contributed by atoms with Gasteiger partial charge in [0.15, 0.2) is 0 Å². The first-order valence-corrected chi connectivity index (χ1v) is 20.6. The van der Waals surface area contributed by atoms with Crippen molar-refractivity contribution in [1.82, 2.24) is 0 Å². The van der Waals surface area contributed by atoms with Gasteiger partial charge in [-0.15, -0.1) is 0 Å². The average Bonchev–Trinajstić information content (AvgIpc) is 3.24. The zero-order valence-electron chi connectivity index (χ0n) is 36.4. The van der Waals surface area contributed by atoms with Gasteiger partial charge in [0.2, 0.25) is 11.6 Å². The van der Waals surface area contributed by atoms with Crippen LogP contribution in [0.2, 0.25) is 0 Å². The summed E-state index contributed by atoms with van der Waals surface area (Å²) in [6.07, 6.45) is 8.19. The lowest BCUT2D eigenvalue weighted by Crippen LogP contribution is -2.45. The number of ether oxygens (including phenoxy) is 7. The van der Waals surface area contributed by atoms with Gasteiger partial charge >= 0.3 is 23.9 Å². The van der Waals surface area contributed by atoms with E-state index < -0.39 is 60.7 Å². The fourth-order valence-electron chi connectivity index (χ4n) is 5.96. The number of Topliss-reactive ketones (excluding diaryl/α,β-unsaturated/α-hetero) is 2. The van der Waals surface area contributed by atoms with Gasteiger partial charge in [-0.1, -0.05) is 77.0 Å². The molecule has 0 spiro atoms. The first-order chi connectivity index (χ1) is 28.7. The van der Waals surface area contributed by atoms with Gasteiger partial charge < -0.3 is 33.2 Å². The summed E-state index contributed by atoms with van der Waals surface area (Å²) in [4.78, 5) is 75.4. The molecule has 0 aliphatic heterocycles. The molecule has 0 aliphatic carbocycles. The van der Waals surface area contributed by atoms with E-state index in [4.69, 9.17) is 33.2 Å². The van der Waals surface area contributed by atoms with Crippen molar-refractivity contribution >= 4 is 35.4 Å². The summed E-state index contributed by atoms with van der Waals surface area (Å²) in [5.41, 5.74) is 3.96. The van der Waals surface area contributed by atoms with Crippen LogP contribution in [0.15, 0.2) is 60.7 Å². The minimum atomic E-state index is -1.62. The lowest BCUT2D eigenvalue weighted by molar-refractivity contribution is -0.169. The van der Waals surface area contributed by atoms with Gasteiger partial charge in [-0.05, 0) is 85.9 Å². The van der Waals surface area contributed by atoms with E-state index >= 15 is 0 Å². The topological polar surface area (TPSA) is 167 Å². The predicted molar refractivity (Wildman–Crippen MR) is 226 cm³/mol. The highest BCUT2D eigenvalue weighted by molar-refractivity contribution is 6.34. The lowest BCUT2D eigenvalue weighted by Gasteiger charge is -2.32. The van der Waals surface area contributed by atoms with Crippen molar-refractivity contribution in [3.05, 3.63) is 77.4 Å². The number of hydrogen-bond donors (Lipinski definition) is 0.